The number of aryl methyl sites for hydroxylation is 1. The van der Waals surface area contributed by atoms with Crippen LogP contribution >= 0.6 is 11.6 Å². The van der Waals surface area contributed by atoms with Gasteiger partial charge in [-0.15, -0.1) is 0 Å². The van der Waals surface area contributed by atoms with Crippen LogP contribution in [0.4, 0.5) is 5.82 Å². The van der Waals surface area contributed by atoms with Crippen molar-refractivity contribution in [3.8, 4) is 0 Å². The quantitative estimate of drug-likeness (QED) is 0.906. The molecule has 2 aromatic rings. The monoisotopic (exact) mass is 314 g/mol. The first-order chi connectivity index (χ1) is 10.6. The standard InChI is InChI=1S/C18H19ClN2O/c1-13-15(19)9-10-16(20-13)21-17(22)18(11-5-6-12-18)14-7-3-2-4-8-14/h2-4,7-10H,5-6,11-12H2,1H3,(H,20,21,22). The van der Waals surface area contributed by atoms with Gasteiger partial charge in [-0.05, 0) is 37.5 Å². The lowest BCUT2D eigenvalue weighted by Gasteiger charge is -2.28. The lowest BCUT2D eigenvalue weighted by Crippen LogP contribution is -2.38. The van der Waals surface area contributed by atoms with E-state index in [1.807, 2.05) is 37.3 Å². The van der Waals surface area contributed by atoms with Crippen molar-refractivity contribution in [3.05, 3.63) is 58.7 Å². The molecule has 0 radical (unpaired) electrons. The fourth-order valence-electron chi connectivity index (χ4n) is 3.23. The van der Waals surface area contributed by atoms with Crippen LogP contribution in [-0.2, 0) is 10.2 Å². The van der Waals surface area contributed by atoms with Gasteiger partial charge in [0.25, 0.3) is 0 Å². The highest BCUT2D eigenvalue weighted by Gasteiger charge is 2.42. The number of anilines is 1. The first-order valence-electron chi connectivity index (χ1n) is 7.62. The summed E-state index contributed by atoms with van der Waals surface area (Å²) in [5.41, 5.74) is 1.38. The summed E-state index contributed by atoms with van der Waals surface area (Å²) >= 11 is 5.99. The number of hydrogen-bond donors (Lipinski definition) is 1. The molecule has 1 N–H and O–H groups in total. The van der Waals surface area contributed by atoms with E-state index in [0.717, 1.165) is 36.9 Å². The van der Waals surface area contributed by atoms with Crippen LogP contribution in [0.25, 0.3) is 0 Å². The van der Waals surface area contributed by atoms with Gasteiger partial charge in [-0.25, -0.2) is 4.98 Å². The van der Waals surface area contributed by atoms with E-state index in [1.165, 1.54) is 0 Å². The van der Waals surface area contributed by atoms with Crippen molar-refractivity contribution in [2.45, 2.75) is 38.0 Å². The second-order valence-electron chi connectivity index (χ2n) is 5.87. The summed E-state index contributed by atoms with van der Waals surface area (Å²) in [4.78, 5) is 17.3. The molecule has 1 aromatic carbocycles. The van der Waals surface area contributed by atoms with Crippen molar-refractivity contribution >= 4 is 23.3 Å². The van der Waals surface area contributed by atoms with E-state index < -0.39 is 5.41 Å². The average Bonchev–Trinajstić information content (AvgIpc) is 3.03. The van der Waals surface area contributed by atoms with Gasteiger partial charge in [0.15, 0.2) is 0 Å². The predicted molar refractivity (Wildman–Crippen MR) is 89.2 cm³/mol. The number of amides is 1. The molecule has 0 bridgehead atoms. The minimum atomic E-state index is -0.434. The van der Waals surface area contributed by atoms with Crippen molar-refractivity contribution in [2.75, 3.05) is 5.32 Å². The van der Waals surface area contributed by atoms with Crippen LogP contribution < -0.4 is 5.32 Å². The van der Waals surface area contributed by atoms with E-state index in [1.54, 1.807) is 12.1 Å². The molecule has 114 valence electrons. The fourth-order valence-corrected chi connectivity index (χ4v) is 3.34. The number of carbonyl (C=O) groups is 1. The van der Waals surface area contributed by atoms with E-state index in [9.17, 15) is 4.79 Å². The number of carbonyl (C=O) groups excluding carboxylic acids is 1. The normalized spacial score (nSPS) is 16.5. The van der Waals surface area contributed by atoms with Crippen LogP contribution in [0, 0.1) is 6.92 Å². The Morgan fingerprint density at radius 3 is 2.45 bits per heavy atom. The molecule has 1 aromatic heterocycles. The van der Waals surface area contributed by atoms with Crippen LogP contribution in [0.2, 0.25) is 5.02 Å². The Labute approximate surface area is 135 Å². The van der Waals surface area contributed by atoms with E-state index in [0.29, 0.717) is 10.8 Å². The first kappa shape index (κ1) is 15.0. The van der Waals surface area contributed by atoms with Gasteiger partial charge in [0.1, 0.15) is 5.82 Å². The highest BCUT2D eigenvalue weighted by Crippen LogP contribution is 2.41. The van der Waals surface area contributed by atoms with Gasteiger partial charge < -0.3 is 5.32 Å². The molecule has 0 saturated heterocycles. The summed E-state index contributed by atoms with van der Waals surface area (Å²) in [6.45, 7) is 1.83. The van der Waals surface area contributed by atoms with Crippen LogP contribution in [0.15, 0.2) is 42.5 Å². The van der Waals surface area contributed by atoms with Gasteiger partial charge in [0.2, 0.25) is 5.91 Å². The number of halogens is 1. The molecular weight excluding hydrogens is 296 g/mol. The average molecular weight is 315 g/mol. The maximum absolute atomic E-state index is 12.9. The predicted octanol–water partition coefficient (Wildman–Crippen LogP) is 4.49. The zero-order chi connectivity index (χ0) is 15.6. The molecule has 4 heteroatoms. The molecule has 1 heterocycles. The minimum Gasteiger partial charge on any atom is -0.310 e. The van der Waals surface area contributed by atoms with Crippen LogP contribution in [0.3, 0.4) is 0 Å². The minimum absolute atomic E-state index is 0.0328. The van der Waals surface area contributed by atoms with Crippen molar-refractivity contribution in [1.82, 2.24) is 4.98 Å². The molecule has 1 fully saturated rings. The SMILES string of the molecule is Cc1nc(NC(=O)C2(c3ccccc3)CCCC2)ccc1Cl. The summed E-state index contributed by atoms with van der Waals surface area (Å²) in [5.74, 6) is 0.597. The molecule has 0 atom stereocenters. The Balaban J connectivity index is 1.89. The molecule has 0 spiro atoms. The Morgan fingerprint density at radius 2 is 1.82 bits per heavy atom. The molecule has 0 unspecified atom stereocenters. The molecule has 1 amide bonds. The molecule has 1 saturated carbocycles. The van der Waals surface area contributed by atoms with Gasteiger partial charge in [-0.1, -0.05) is 54.8 Å². The van der Waals surface area contributed by atoms with Gasteiger partial charge in [0, 0.05) is 0 Å². The van der Waals surface area contributed by atoms with E-state index >= 15 is 0 Å². The first-order valence-corrected chi connectivity index (χ1v) is 8.00. The molecule has 22 heavy (non-hydrogen) atoms. The van der Waals surface area contributed by atoms with Gasteiger partial charge in [-0.3, -0.25) is 4.79 Å². The second-order valence-corrected chi connectivity index (χ2v) is 6.28. The van der Waals surface area contributed by atoms with Crippen molar-refractivity contribution < 1.29 is 4.79 Å². The lowest BCUT2D eigenvalue weighted by atomic mass is 9.78. The second kappa shape index (κ2) is 6.09. The Hall–Kier alpha value is -1.87. The smallest absolute Gasteiger partial charge is 0.236 e. The number of nitrogens with one attached hydrogen (secondary N) is 1. The number of pyridine rings is 1. The van der Waals surface area contributed by atoms with Crippen molar-refractivity contribution in [3.63, 3.8) is 0 Å². The Bertz CT molecular complexity index is 679. The van der Waals surface area contributed by atoms with Crippen LogP contribution in [0.5, 0.6) is 0 Å². The fraction of sp³-hybridized carbons (Fsp3) is 0.333. The third-order valence-electron chi connectivity index (χ3n) is 4.48. The third kappa shape index (κ3) is 2.73. The molecule has 3 rings (SSSR count). The third-order valence-corrected chi connectivity index (χ3v) is 4.88. The summed E-state index contributed by atoms with van der Waals surface area (Å²) in [7, 11) is 0. The number of hydrogen-bond acceptors (Lipinski definition) is 2. The number of aromatic nitrogens is 1. The molecule has 1 aliphatic rings. The summed E-state index contributed by atoms with van der Waals surface area (Å²) in [6, 6.07) is 13.6. The summed E-state index contributed by atoms with van der Waals surface area (Å²) in [5, 5.41) is 3.59. The van der Waals surface area contributed by atoms with Crippen molar-refractivity contribution in [2.24, 2.45) is 0 Å². The number of benzene rings is 1. The zero-order valence-corrected chi connectivity index (χ0v) is 13.4. The maximum atomic E-state index is 12.9. The number of nitrogens with zero attached hydrogens (tertiary/aromatic N) is 1. The topological polar surface area (TPSA) is 42.0 Å². The maximum Gasteiger partial charge on any atom is 0.236 e. The van der Waals surface area contributed by atoms with Gasteiger partial charge in [0.05, 0.1) is 16.1 Å². The molecule has 0 aliphatic heterocycles. The summed E-state index contributed by atoms with van der Waals surface area (Å²) in [6.07, 6.45) is 3.93. The van der Waals surface area contributed by atoms with E-state index in [4.69, 9.17) is 11.6 Å². The van der Waals surface area contributed by atoms with Crippen LogP contribution in [0.1, 0.15) is 36.9 Å². The Morgan fingerprint density at radius 1 is 1.14 bits per heavy atom. The van der Waals surface area contributed by atoms with E-state index in [-0.39, 0.29) is 5.91 Å². The largest absolute Gasteiger partial charge is 0.310 e. The van der Waals surface area contributed by atoms with Crippen LogP contribution in [-0.4, -0.2) is 10.9 Å². The lowest BCUT2D eigenvalue weighted by molar-refractivity contribution is -0.121. The Kier molecular flexibility index (Phi) is 4.16. The number of rotatable bonds is 3. The van der Waals surface area contributed by atoms with Crippen molar-refractivity contribution in [1.29, 1.82) is 0 Å². The van der Waals surface area contributed by atoms with Gasteiger partial charge >= 0.3 is 0 Å². The zero-order valence-electron chi connectivity index (χ0n) is 12.6. The highest BCUT2D eigenvalue weighted by molar-refractivity contribution is 6.31. The molecular formula is C18H19ClN2O. The summed E-state index contributed by atoms with van der Waals surface area (Å²) < 4.78 is 0. The molecule has 1 aliphatic carbocycles. The van der Waals surface area contributed by atoms with E-state index in [2.05, 4.69) is 10.3 Å². The highest BCUT2D eigenvalue weighted by atomic mass is 35.5. The van der Waals surface area contributed by atoms with Gasteiger partial charge in [-0.2, -0.15) is 0 Å². The molecule has 3 nitrogen and oxygen atoms in total.